The molecule has 0 aliphatic heterocycles. The van der Waals surface area contributed by atoms with Crippen molar-refractivity contribution in [2.75, 3.05) is 0 Å². The molecule has 220 valence electrons. The number of aromatic nitrogens is 2. The highest BCUT2D eigenvalue weighted by Crippen LogP contribution is 2.47. The van der Waals surface area contributed by atoms with Gasteiger partial charge in [0.1, 0.15) is 0 Å². The van der Waals surface area contributed by atoms with E-state index in [0.29, 0.717) is 36.8 Å². The Labute approximate surface area is 234 Å². The average Bonchev–Trinajstić information content (AvgIpc) is 2.92. The van der Waals surface area contributed by atoms with Crippen LogP contribution < -0.4 is 9.47 Å². The van der Waals surface area contributed by atoms with Gasteiger partial charge in [-0.25, -0.2) is 32.3 Å². The van der Waals surface area contributed by atoms with E-state index in [1.165, 1.54) is 12.4 Å². The third-order valence-corrected chi connectivity index (χ3v) is 8.62. The lowest BCUT2D eigenvalue weighted by atomic mass is 9.74. The Balaban J connectivity index is 1.51. The molecule has 2 atom stereocenters. The van der Waals surface area contributed by atoms with Crippen LogP contribution in [0.2, 0.25) is 0 Å². The zero-order valence-electron chi connectivity index (χ0n) is 23.4. The van der Waals surface area contributed by atoms with Crippen molar-refractivity contribution in [1.29, 1.82) is 0 Å². The molecule has 0 bridgehead atoms. The number of carbonyl (C=O) groups is 1. The van der Waals surface area contributed by atoms with E-state index in [-0.39, 0.29) is 61.1 Å². The molecule has 0 spiro atoms. The predicted molar refractivity (Wildman–Crippen MR) is 144 cm³/mol. The first-order valence-electron chi connectivity index (χ1n) is 14.7. The van der Waals surface area contributed by atoms with Crippen molar-refractivity contribution in [3.05, 3.63) is 47.8 Å². The largest absolute Gasteiger partial charge is 0.522 e. The maximum atomic E-state index is 13.8. The number of hydrogen-bond donors (Lipinski definition) is 0. The van der Waals surface area contributed by atoms with Gasteiger partial charge in [-0.3, -0.25) is 0 Å². The van der Waals surface area contributed by atoms with Gasteiger partial charge >= 0.3 is 6.16 Å². The molecule has 2 aromatic rings. The molecule has 40 heavy (non-hydrogen) atoms. The number of halogens is 4. The summed E-state index contributed by atoms with van der Waals surface area (Å²) >= 11 is 0. The normalized spacial score (nSPS) is 20.9. The van der Waals surface area contributed by atoms with Gasteiger partial charge in [-0.2, -0.15) is 0 Å². The average molecular weight is 565 g/mol. The highest BCUT2D eigenvalue weighted by Gasteiger charge is 2.40. The van der Waals surface area contributed by atoms with E-state index in [1.54, 1.807) is 12.1 Å². The standard InChI is InChI=1S/C31H40F4N2O3/c1-3-7-23(21-11-15-30(32,33)16-12-21)25-9-5-19-36-27(25)39-29(38)40-28-26(10-6-20-37-28)24(8-4-2)22-13-17-31(34,35)18-14-22/h5-6,9-10,19-24H,3-4,7-8,11-18H2,1-2H3. The van der Waals surface area contributed by atoms with Crippen molar-refractivity contribution in [2.45, 2.75) is 115 Å². The molecule has 0 saturated heterocycles. The van der Waals surface area contributed by atoms with Crippen LogP contribution in [0.3, 0.4) is 0 Å². The molecule has 2 aliphatic carbocycles. The second-order valence-electron chi connectivity index (χ2n) is 11.4. The summed E-state index contributed by atoms with van der Waals surface area (Å²) in [5.41, 5.74) is 1.43. The van der Waals surface area contributed by atoms with Gasteiger partial charge in [-0.05, 0) is 74.3 Å². The first-order chi connectivity index (χ1) is 19.1. The molecule has 5 nitrogen and oxygen atoms in total. The summed E-state index contributed by atoms with van der Waals surface area (Å²) in [6.45, 7) is 4.08. The van der Waals surface area contributed by atoms with E-state index < -0.39 is 18.0 Å². The highest BCUT2D eigenvalue weighted by atomic mass is 19.3. The van der Waals surface area contributed by atoms with Gasteiger partial charge in [0.2, 0.25) is 23.6 Å². The lowest BCUT2D eigenvalue weighted by Crippen LogP contribution is -2.28. The highest BCUT2D eigenvalue weighted by molar-refractivity contribution is 5.67. The van der Waals surface area contributed by atoms with Crippen LogP contribution in [0.4, 0.5) is 22.4 Å². The first-order valence-corrected chi connectivity index (χ1v) is 14.7. The number of alkyl halides is 4. The van der Waals surface area contributed by atoms with E-state index in [9.17, 15) is 22.4 Å². The first kappa shape index (κ1) is 30.3. The Kier molecular flexibility index (Phi) is 10.1. The summed E-state index contributed by atoms with van der Waals surface area (Å²) in [6, 6.07) is 7.19. The molecule has 0 aromatic carbocycles. The maximum absolute atomic E-state index is 13.8. The Morgan fingerprint density at radius 1 is 0.775 bits per heavy atom. The fraction of sp³-hybridized carbons (Fsp3) is 0.645. The quantitative estimate of drug-likeness (QED) is 0.212. The van der Waals surface area contributed by atoms with Crippen LogP contribution in [0.5, 0.6) is 11.8 Å². The molecule has 9 heteroatoms. The van der Waals surface area contributed by atoms with Crippen LogP contribution in [0.25, 0.3) is 0 Å². The van der Waals surface area contributed by atoms with Gasteiger partial charge in [0.25, 0.3) is 0 Å². The van der Waals surface area contributed by atoms with Gasteiger partial charge in [0, 0.05) is 49.2 Å². The third-order valence-electron chi connectivity index (χ3n) is 8.62. The van der Waals surface area contributed by atoms with E-state index in [0.717, 1.165) is 25.7 Å². The number of carbonyl (C=O) groups excluding carboxylic acids is 1. The van der Waals surface area contributed by atoms with Crippen molar-refractivity contribution in [3.63, 3.8) is 0 Å². The predicted octanol–water partition coefficient (Wildman–Crippen LogP) is 9.47. The second-order valence-corrected chi connectivity index (χ2v) is 11.4. The van der Waals surface area contributed by atoms with E-state index in [4.69, 9.17) is 9.47 Å². The zero-order valence-corrected chi connectivity index (χ0v) is 23.4. The summed E-state index contributed by atoms with van der Waals surface area (Å²) in [7, 11) is 0. The number of ether oxygens (including phenoxy) is 2. The van der Waals surface area contributed by atoms with Crippen LogP contribution in [0.1, 0.15) is 114 Å². The topological polar surface area (TPSA) is 61.3 Å². The Hall–Kier alpha value is -2.71. The van der Waals surface area contributed by atoms with Crippen LogP contribution in [-0.4, -0.2) is 28.0 Å². The number of nitrogens with zero attached hydrogens (tertiary/aromatic N) is 2. The SMILES string of the molecule is CCCC(c1cccnc1OC(=O)Oc1ncccc1C(CCC)C1CCC(F)(F)CC1)C1CCC(F)(F)CC1. The Morgan fingerprint density at radius 3 is 1.50 bits per heavy atom. The number of rotatable bonds is 10. The fourth-order valence-electron chi connectivity index (χ4n) is 6.56. The lowest BCUT2D eigenvalue weighted by molar-refractivity contribution is -0.0494. The van der Waals surface area contributed by atoms with E-state index in [2.05, 4.69) is 9.97 Å². The Bertz CT molecular complexity index is 1020. The molecular formula is C31H40F4N2O3. The minimum atomic E-state index is -2.63. The summed E-state index contributed by atoms with van der Waals surface area (Å²) < 4.78 is 66.6. The Morgan fingerprint density at radius 2 is 1.15 bits per heavy atom. The molecule has 0 radical (unpaired) electrons. The summed E-state index contributed by atoms with van der Waals surface area (Å²) in [5.74, 6) is -5.08. The monoisotopic (exact) mass is 564 g/mol. The second kappa shape index (κ2) is 13.3. The molecule has 0 N–H and O–H groups in total. The number of pyridine rings is 2. The smallest absolute Gasteiger partial charge is 0.375 e. The number of hydrogen-bond acceptors (Lipinski definition) is 5. The molecule has 2 aliphatic rings. The van der Waals surface area contributed by atoms with Gasteiger partial charge in [0.05, 0.1) is 0 Å². The van der Waals surface area contributed by atoms with Gasteiger partial charge in [-0.15, -0.1) is 0 Å². The van der Waals surface area contributed by atoms with E-state index in [1.807, 2.05) is 26.0 Å². The van der Waals surface area contributed by atoms with Crippen LogP contribution in [0.15, 0.2) is 36.7 Å². The van der Waals surface area contributed by atoms with Crippen molar-refractivity contribution in [3.8, 4) is 11.8 Å². The van der Waals surface area contributed by atoms with Crippen LogP contribution in [0, 0.1) is 11.8 Å². The summed E-state index contributed by atoms with van der Waals surface area (Å²) in [6.07, 6.45) is 6.31. The van der Waals surface area contributed by atoms with Gasteiger partial charge < -0.3 is 9.47 Å². The molecule has 4 rings (SSSR count). The van der Waals surface area contributed by atoms with Crippen molar-refractivity contribution in [1.82, 2.24) is 9.97 Å². The van der Waals surface area contributed by atoms with Gasteiger partial charge in [0.15, 0.2) is 0 Å². The third kappa shape index (κ3) is 7.72. The molecule has 2 saturated carbocycles. The molecule has 2 heterocycles. The van der Waals surface area contributed by atoms with Crippen molar-refractivity contribution in [2.24, 2.45) is 11.8 Å². The van der Waals surface area contributed by atoms with Crippen molar-refractivity contribution >= 4 is 6.16 Å². The molecule has 2 fully saturated rings. The van der Waals surface area contributed by atoms with E-state index >= 15 is 0 Å². The minimum Gasteiger partial charge on any atom is -0.375 e. The molecule has 0 amide bonds. The summed E-state index contributed by atoms with van der Waals surface area (Å²) in [4.78, 5) is 21.6. The van der Waals surface area contributed by atoms with Crippen LogP contribution >= 0.6 is 0 Å². The van der Waals surface area contributed by atoms with Crippen LogP contribution in [-0.2, 0) is 0 Å². The molecular weight excluding hydrogens is 524 g/mol. The maximum Gasteiger partial charge on any atom is 0.522 e. The van der Waals surface area contributed by atoms with Crippen molar-refractivity contribution < 1.29 is 31.8 Å². The molecule has 2 unspecified atom stereocenters. The van der Waals surface area contributed by atoms with Gasteiger partial charge in [-0.1, -0.05) is 38.8 Å². The molecule has 2 aromatic heterocycles. The zero-order chi connectivity index (χ0) is 28.8. The lowest BCUT2D eigenvalue weighted by Gasteiger charge is -2.34. The summed E-state index contributed by atoms with van der Waals surface area (Å²) in [5, 5.41) is 0. The fourth-order valence-corrected chi connectivity index (χ4v) is 6.56. The minimum absolute atomic E-state index is 0.0437.